The van der Waals surface area contributed by atoms with Crippen LogP contribution in [0, 0.1) is 18.8 Å². The Kier molecular flexibility index (Phi) is 3.08. The van der Waals surface area contributed by atoms with Crippen molar-refractivity contribution in [1.82, 2.24) is 14.8 Å². The molecule has 5 nitrogen and oxygen atoms in total. The van der Waals surface area contributed by atoms with Gasteiger partial charge in [-0.1, -0.05) is 17.9 Å². The summed E-state index contributed by atoms with van der Waals surface area (Å²) in [6.45, 7) is 1.72. The van der Waals surface area contributed by atoms with E-state index in [4.69, 9.17) is 5.11 Å². The van der Waals surface area contributed by atoms with Gasteiger partial charge in [0.25, 0.3) is 0 Å². The van der Waals surface area contributed by atoms with E-state index in [2.05, 4.69) is 22.0 Å². The fourth-order valence-corrected chi connectivity index (χ4v) is 1.51. The number of aliphatic hydroxyl groups excluding tert-OH is 1. The Morgan fingerprint density at radius 3 is 3.00 bits per heavy atom. The van der Waals surface area contributed by atoms with Crippen LogP contribution >= 0.6 is 0 Å². The minimum Gasteiger partial charge on any atom is -0.384 e. The largest absolute Gasteiger partial charge is 0.384 e. The average molecular weight is 229 g/mol. The van der Waals surface area contributed by atoms with Gasteiger partial charge in [-0.05, 0) is 24.6 Å². The molecule has 2 rings (SSSR count). The van der Waals surface area contributed by atoms with Crippen LogP contribution in [0.3, 0.4) is 0 Å². The minimum absolute atomic E-state index is 0.215. The van der Waals surface area contributed by atoms with Gasteiger partial charge in [0.2, 0.25) is 0 Å². The van der Waals surface area contributed by atoms with E-state index in [0.29, 0.717) is 11.3 Å². The normalized spacial score (nSPS) is 9.76. The summed E-state index contributed by atoms with van der Waals surface area (Å²) < 4.78 is 1.38. The molecule has 0 unspecified atom stereocenters. The molecule has 86 valence electrons. The average Bonchev–Trinajstić information content (AvgIpc) is 2.73. The van der Waals surface area contributed by atoms with Crippen molar-refractivity contribution in [1.29, 1.82) is 0 Å². The molecule has 0 spiro atoms. The third-order valence-corrected chi connectivity index (χ3v) is 2.27. The monoisotopic (exact) mass is 229 g/mol. The maximum atomic E-state index is 11.5. The lowest BCUT2D eigenvalue weighted by molar-refractivity contribution is 0.350. The highest BCUT2D eigenvalue weighted by atomic mass is 16.2. The Labute approximate surface area is 97.7 Å². The first-order valence-electron chi connectivity index (χ1n) is 5.05. The van der Waals surface area contributed by atoms with E-state index < -0.39 is 0 Å². The lowest BCUT2D eigenvalue weighted by atomic mass is 10.1. The molecule has 1 heterocycles. The zero-order valence-corrected chi connectivity index (χ0v) is 9.27. The number of nitrogens with zero attached hydrogens (tertiary/aromatic N) is 2. The molecule has 0 aliphatic rings. The molecule has 0 aliphatic carbocycles. The third-order valence-electron chi connectivity index (χ3n) is 2.27. The SMILES string of the molecule is Cc1ccc(-n2cn[nH]c2=O)c(C#CCO)c1. The molecule has 0 fully saturated rings. The molecule has 2 aromatic rings. The predicted molar refractivity (Wildman–Crippen MR) is 62.9 cm³/mol. The van der Waals surface area contributed by atoms with Crippen LogP contribution in [0.1, 0.15) is 11.1 Å². The first-order valence-corrected chi connectivity index (χ1v) is 5.05. The van der Waals surface area contributed by atoms with E-state index in [-0.39, 0.29) is 12.3 Å². The zero-order valence-electron chi connectivity index (χ0n) is 9.27. The number of aromatic amines is 1. The molecule has 0 saturated heterocycles. The summed E-state index contributed by atoms with van der Waals surface area (Å²) >= 11 is 0. The molecule has 0 saturated carbocycles. The molecular formula is C12H11N3O2. The van der Waals surface area contributed by atoms with Gasteiger partial charge in [-0.15, -0.1) is 0 Å². The van der Waals surface area contributed by atoms with Crippen molar-refractivity contribution in [2.24, 2.45) is 0 Å². The van der Waals surface area contributed by atoms with Crippen LogP contribution in [0.15, 0.2) is 29.3 Å². The number of H-pyrrole nitrogens is 1. The smallest absolute Gasteiger partial charge is 0.347 e. The fourth-order valence-electron chi connectivity index (χ4n) is 1.51. The quantitative estimate of drug-likeness (QED) is 0.687. The summed E-state index contributed by atoms with van der Waals surface area (Å²) in [4.78, 5) is 11.5. The summed E-state index contributed by atoms with van der Waals surface area (Å²) in [7, 11) is 0. The van der Waals surface area contributed by atoms with Gasteiger partial charge in [-0.3, -0.25) is 0 Å². The standard InChI is InChI=1S/C12H11N3O2/c1-9-4-5-11(10(7-9)3-2-6-16)15-8-13-14-12(15)17/h4-5,7-8,16H,6H2,1H3,(H,14,17). The first-order chi connectivity index (χ1) is 8.22. The molecule has 1 aromatic carbocycles. The second-order valence-corrected chi connectivity index (χ2v) is 3.51. The number of aromatic nitrogens is 3. The molecule has 0 radical (unpaired) electrons. The zero-order chi connectivity index (χ0) is 12.3. The third kappa shape index (κ3) is 2.27. The summed E-state index contributed by atoms with van der Waals surface area (Å²) in [5, 5.41) is 14.7. The van der Waals surface area contributed by atoms with Crippen LogP contribution in [0.4, 0.5) is 0 Å². The van der Waals surface area contributed by atoms with Crippen molar-refractivity contribution in [3.63, 3.8) is 0 Å². The Morgan fingerprint density at radius 1 is 1.53 bits per heavy atom. The van der Waals surface area contributed by atoms with E-state index in [1.54, 1.807) is 6.07 Å². The lowest BCUT2D eigenvalue weighted by Crippen LogP contribution is -2.15. The van der Waals surface area contributed by atoms with E-state index >= 15 is 0 Å². The Hall–Kier alpha value is -2.32. The van der Waals surface area contributed by atoms with Crippen LogP contribution in [0.5, 0.6) is 0 Å². The number of hydrogen-bond donors (Lipinski definition) is 2. The van der Waals surface area contributed by atoms with E-state index in [0.717, 1.165) is 5.56 Å². The summed E-state index contributed by atoms with van der Waals surface area (Å²) in [5.74, 6) is 5.39. The van der Waals surface area contributed by atoms with E-state index in [1.165, 1.54) is 10.9 Å². The molecule has 5 heteroatoms. The van der Waals surface area contributed by atoms with E-state index in [1.807, 2.05) is 19.1 Å². The maximum Gasteiger partial charge on any atom is 0.347 e. The number of hydrogen-bond acceptors (Lipinski definition) is 3. The highest BCUT2D eigenvalue weighted by Crippen LogP contribution is 2.13. The van der Waals surface area contributed by atoms with Crippen molar-refractivity contribution >= 4 is 0 Å². The van der Waals surface area contributed by atoms with Gasteiger partial charge in [0.1, 0.15) is 12.9 Å². The molecule has 0 amide bonds. The highest BCUT2D eigenvalue weighted by Gasteiger charge is 2.05. The van der Waals surface area contributed by atoms with Crippen molar-refractivity contribution in [2.75, 3.05) is 6.61 Å². The number of aryl methyl sites for hydroxylation is 1. The van der Waals surface area contributed by atoms with Crippen LogP contribution in [-0.2, 0) is 0 Å². The molecule has 0 atom stereocenters. The van der Waals surface area contributed by atoms with Crippen molar-refractivity contribution < 1.29 is 5.11 Å². The minimum atomic E-state index is -0.319. The van der Waals surface area contributed by atoms with Gasteiger partial charge < -0.3 is 5.11 Å². The van der Waals surface area contributed by atoms with Crippen molar-refractivity contribution in [3.05, 3.63) is 46.1 Å². The second-order valence-electron chi connectivity index (χ2n) is 3.51. The van der Waals surface area contributed by atoms with Gasteiger partial charge in [-0.25, -0.2) is 14.5 Å². The summed E-state index contributed by atoms with van der Waals surface area (Å²) in [6.07, 6.45) is 1.40. The number of rotatable bonds is 1. The van der Waals surface area contributed by atoms with Gasteiger partial charge in [0.05, 0.1) is 5.69 Å². The Balaban J connectivity index is 2.62. The number of nitrogens with one attached hydrogen (secondary N) is 1. The van der Waals surface area contributed by atoms with Gasteiger partial charge in [0.15, 0.2) is 0 Å². The molecule has 17 heavy (non-hydrogen) atoms. The van der Waals surface area contributed by atoms with Crippen LogP contribution in [-0.4, -0.2) is 26.5 Å². The van der Waals surface area contributed by atoms with E-state index in [9.17, 15) is 4.79 Å². The molecular weight excluding hydrogens is 218 g/mol. The molecule has 0 aliphatic heterocycles. The summed E-state index contributed by atoms with van der Waals surface area (Å²) in [6, 6.07) is 5.55. The number of aliphatic hydroxyl groups is 1. The fraction of sp³-hybridized carbons (Fsp3) is 0.167. The predicted octanol–water partition coefficient (Wildman–Crippen LogP) is 0.213. The van der Waals surface area contributed by atoms with Crippen LogP contribution in [0.25, 0.3) is 5.69 Å². The van der Waals surface area contributed by atoms with Crippen molar-refractivity contribution in [2.45, 2.75) is 6.92 Å². The van der Waals surface area contributed by atoms with Crippen molar-refractivity contribution in [3.8, 4) is 17.5 Å². The number of benzene rings is 1. The Morgan fingerprint density at radius 2 is 2.35 bits per heavy atom. The molecule has 2 N–H and O–H groups in total. The molecule has 1 aromatic heterocycles. The molecule has 0 bridgehead atoms. The van der Waals surface area contributed by atoms with Gasteiger partial charge >= 0.3 is 5.69 Å². The maximum absolute atomic E-state index is 11.5. The van der Waals surface area contributed by atoms with Crippen LogP contribution in [0.2, 0.25) is 0 Å². The highest BCUT2D eigenvalue weighted by molar-refractivity contribution is 5.52. The second kappa shape index (κ2) is 4.68. The van der Waals surface area contributed by atoms with Crippen LogP contribution < -0.4 is 5.69 Å². The van der Waals surface area contributed by atoms with Gasteiger partial charge in [0, 0.05) is 5.56 Å². The van der Waals surface area contributed by atoms with Gasteiger partial charge in [-0.2, -0.15) is 5.10 Å². The Bertz CT molecular complexity index is 644. The lowest BCUT2D eigenvalue weighted by Gasteiger charge is -2.04. The first kappa shape index (κ1) is 11.2. The summed E-state index contributed by atoms with van der Waals surface area (Å²) in [5.41, 5.74) is 2.05. The topological polar surface area (TPSA) is 70.9 Å².